The molecule has 0 unspecified atom stereocenters. The van der Waals surface area contributed by atoms with Crippen LogP contribution in [-0.4, -0.2) is 42.9 Å². The SMILES string of the molecule is O=C(c1ccccc1)c1ccc2c(c1)Nc1cccc(C(=O)OCCCN3CCCCC3)c1N2. The van der Waals surface area contributed by atoms with Crippen LogP contribution in [0.25, 0.3) is 0 Å². The fraction of sp³-hybridized carbons (Fsp3) is 0.286. The lowest BCUT2D eigenvalue weighted by atomic mass is 10.0. The lowest BCUT2D eigenvalue weighted by molar-refractivity contribution is 0.0486. The number of anilines is 4. The van der Waals surface area contributed by atoms with Gasteiger partial charge in [0.2, 0.25) is 0 Å². The first-order valence-corrected chi connectivity index (χ1v) is 12.0. The van der Waals surface area contributed by atoms with E-state index in [0.717, 1.165) is 43.1 Å². The fourth-order valence-corrected chi connectivity index (χ4v) is 4.61. The minimum atomic E-state index is -0.330. The molecule has 3 aromatic rings. The first-order chi connectivity index (χ1) is 16.7. The number of nitrogens with one attached hydrogen (secondary N) is 2. The number of rotatable bonds is 7. The maximum atomic E-state index is 12.8. The Morgan fingerprint density at radius 1 is 0.794 bits per heavy atom. The normalized spacial score (nSPS) is 14.8. The molecule has 5 rings (SSSR count). The Bertz CT molecular complexity index is 1190. The highest BCUT2D eigenvalue weighted by Gasteiger charge is 2.23. The predicted molar refractivity (Wildman–Crippen MR) is 135 cm³/mol. The minimum absolute atomic E-state index is 0.0297. The van der Waals surface area contributed by atoms with E-state index in [-0.39, 0.29) is 11.8 Å². The first-order valence-electron chi connectivity index (χ1n) is 12.0. The Balaban J connectivity index is 1.25. The van der Waals surface area contributed by atoms with Gasteiger partial charge in [0.1, 0.15) is 0 Å². The van der Waals surface area contributed by atoms with E-state index >= 15 is 0 Å². The number of ketones is 1. The molecule has 0 aliphatic carbocycles. The van der Waals surface area contributed by atoms with Crippen molar-refractivity contribution in [3.05, 3.63) is 83.4 Å². The summed E-state index contributed by atoms with van der Waals surface area (Å²) in [5.41, 5.74) is 4.82. The van der Waals surface area contributed by atoms with Crippen molar-refractivity contribution in [2.75, 3.05) is 36.9 Å². The monoisotopic (exact) mass is 455 g/mol. The second-order valence-electron chi connectivity index (χ2n) is 8.83. The van der Waals surface area contributed by atoms with E-state index < -0.39 is 0 Å². The third-order valence-electron chi connectivity index (χ3n) is 6.43. The third kappa shape index (κ3) is 4.82. The van der Waals surface area contributed by atoms with Crippen LogP contribution in [0.15, 0.2) is 66.7 Å². The number of hydrogen-bond donors (Lipinski definition) is 2. The van der Waals surface area contributed by atoms with Crippen molar-refractivity contribution in [2.24, 2.45) is 0 Å². The smallest absolute Gasteiger partial charge is 0.340 e. The number of fused-ring (bicyclic) bond motifs is 2. The Hall–Kier alpha value is -3.64. The van der Waals surface area contributed by atoms with Crippen LogP contribution in [0.2, 0.25) is 0 Å². The van der Waals surface area contributed by atoms with E-state index in [1.54, 1.807) is 12.1 Å². The molecule has 6 nitrogen and oxygen atoms in total. The largest absolute Gasteiger partial charge is 0.462 e. The average molecular weight is 456 g/mol. The van der Waals surface area contributed by atoms with Crippen LogP contribution < -0.4 is 10.6 Å². The van der Waals surface area contributed by atoms with Gasteiger partial charge in [-0.2, -0.15) is 0 Å². The summed E-state index contributed by atoms with van der Waals surface area (Å²) in [6, 6.07) is 20.3. The molecule has 3 aromatic carbocycles. The summed E-state index contributed by atoms with van der Waals surface area (Å²) in [6.45, 7) is 3.67. The van der Waals surface area contributed by atoms with Crippen molar-refractivity contribution >= 4 is 34.5 Å². The number of piperidine rings is 1. The number of nitrogens with zero attached hydrogens (tertiary/aromatic N) is 1. The zero-order valence-corrected chi connectivity index (χ0v) is 19.2. The number of para-hydroxylation sites is 1. The van der Waals surface area contributed by atoms with Crippen LogP contribution in [0.5, 0.6) is 0 Å². The summed E-state index contributed by atoms with van der Waals surface area (Å²) in [6.07, 6.45) is 4.68. The molecule has 1 fully saturated rings. The Kier molecular flexibility index (Phi) is 6.58. The van der Waals surface area contributed by atoms with Gasteiger partial charge in [0.15, 0.2) is 5.78 Å². The van der Waals surface area contributed by atoms with Crippen molar-refractivity contribution in [1.82, 2.24) is 4.90 Å². The molecule has 2 aliphatic heterocycles. The fourth-order valence-electron chi connectivity index (χ4n) is 4.61. The van der Waals surface area contributed by atoms with Gasteiger partial charge in [-0.3, -0.25) is 4.79 Å². The zero-order chi connectivity index (χ0) is 23.3. The van der Waals surface area contributed by atoms with Gasteiger partial charge in [-0.05, 0) is 62.7 Å². The minimum Gasteiger partial charge on any atom is -0.462 e. The molecule has 0 spiro atoms. The molecule has 0 amide bonds. The highest BCUT2D eigenvalue weighted by Crippen LogP contribution is 2.41. The lowest BCUT2D eigenvalue weighted by Crippen LogP contribution is -2.31. The van der Waals surface area contributed by atoms with Crippen LogP contribution in [0.4, 0.5) is 22.7 Å². The average Bonchev–Trinajstić information content (AvgIpc) is 2.90. The summed E-state index contributed by atoms with van der Waals surface area (Å²) in [4.78, 5) is 28.1. The Morgan fingerprint density at radius 3 is 2.44 bits per heavy atom. The number of ether oxygens (including phenoxy) is 1. The number of carbonyl (C=O) groups is 2. The lowest BCUT2D eigenvalue weighted by Gasteiger charge is -2.26. The van der Waals surface area contributed by atoms with E-state index in [0.29, 0.717) is 29.0 Å². The molecule has 2 heterocycles. The molecule has 0 atom stereocenters. The number of esters is 1. The van der Waals surface area contributed by atoms with Crippen LogP contribution in [0, 0.1) is 0 Å². The number of benzene rings is 3. The first kappa shape index (κ1) is 22.2. The topological polar surface area (TPSA) is 70.7 Å². The van der Waals surface area contributed by atoms with E-state index in [2.05, 4.69) is 15.5 Å². The zero-order valence-electron chi connectivity index (χ0n) is 19.2. The van der Waals surface area contributed by atoms with Gasteiger partial charge in [0.05, 0.1) is 34.9 Å². The second-order valence-corrected chi connectivity index (χ2v) is 8.83. The van der Waals surface area contributed by atoms with Crippen LogP contribution in [-0.2, 0) is 4.74 Å². The van der Waals surface area contributed by atoms with Crippen LogP contribution in [0.1, 0.15) is 52.0 Å². The van der Waals surface area contributed by atoms with Crippen molar-refractivity contribution in [1.29, 1.82) is 0 Å². The standard InChI is InChI=1S/C28H29N3O3/c32-27(20-9-3-1-4-10-20)21-13-14-23-25(19-21)29-24-12-7-11-22(26(24)30-23)28(33)34-18-8-17-31-15-5-2-6-16-31/h1,3-4,7,9-14,19,29-30H,2,5-6,8,15-18H2. The molecule has 2 N–H and O–H groups in total. The molecule has 6 heteroatoms. The third-order valence-corrected chi connectivity index (χ3v) is 6.43. The summed E-state index contributed by atoms with van der Waals surface area (Å²) >= 11 is 0. The summed E-state index contributed by atoms with van der Waals surface area (Å²) in [7, 11) is 0. The predicted octanol–water partition coefficient (Wildman–Crippen LogP) is 5.75. The van der Waals surface area contributed by atoms with Crippen LogP contribution >= 0.6 is 0 Å². The van der Waals surface area contributed by atoms with Gasteiger partial charge < -0.3 is 20.3 Å². The van der Waals surface area contributed by atoms with Crippen LogP contribution in [0.3, 0.4) is 0 Å². The van der Waals surface area contributed by atoms with Crippen molar-refractivity contribution in [3.8, 4) is 0 Å². The highest BCUT2D eigenvalue weighted by molar-refractivity contribution is 6.11. The Morgan fingerprint density at radius 2 is 1.62 bits per heavy atom. The summed E-state index contributed by atoms with van der Waals surface area (Å²) in [5, 5.41) is 6.72. The molecule has 34 heavy (non-hydrogen) atoms. The molecule has 174 valence electrons. The van der Waals surface area contributed by atoms with Gasteiger partial charge in [0, 0.05) is 17.7 Å². The summed E-state index contributed by atoms with van der Waals surface area (Å²) < 4.78 is 5.59. The summed E-state index contributed by atoms with van der Waals surface area (Å²) in [5.74, 6) is -0.359. The Labute approximate surface area is 199 Å². The van der Waals surface area contributed by atoms with Crippen molar-refractivity contribution in [2.45, 2.75) is 25.7 Å². The number of likely N-dealkylation sites (tertiary alicyclic amines) is 1. The van der Waals surface area contributed by atoms with Gasteiger partial charge in [-0.1, -0.05) is 42.8 Å². The molecular formula is C28H29N3O3. The maximum Gasteiger partial charge on any atom is 0.340 e. The molecule has 2 aliphatic rings. The van der Waals surface area contributed by atoms with E-state index in [9.17, 15) is 9.59 Å². The van der Waals surface area contributed by atoms with E-state index in [1.165, 1.54) is 19.3 Å². The molecular weight excluding hydrogens is 426 g/mol. The highest BCUT2D eigenvalue weighted by atomic mass is 16.5. The second kappa shape index (κ2) is 10.1. The van der Waals surface area contributed by atoms with Gasteiger partial charge in [0.25, 0.3) is 0 Å². The molecule has 0 radical (unpaired) electrons. The maximum absolute atomic E-state index is 12.8. The van der Waals surface area contributed by atoms with Gasteiger partial charge in [-0.15, -0.1) is 0 Å². The molecule has 0 aromatic heterocycles. The van der Waals surface area contributed by atoms with E-state index in [4.69, 9.17) is 4.74 Å². The molecule has 0 saturated carbocycles. The van der Waals surface area contributed by atoms with Gasteiger partial charge in [-0.25, -0.2) is 4.79 Å². The molecule has 0 bridgehead atoms. The van der Waals surface area contributed by atoms with Crippen molar-refractivity contribution in [3.63, 3.8) is 0 Å². The molecule has 1 saturated heterocycles. The quantitative estimate of drug-likeness (QED) is 0.210. The number of hydrogen-bond acceptors (Lipinski definition) is 6. The van der Waals surface area contributed by atoms with Crippen molar-refractivity contribution < 1.29 is 14.3 Å². The number of carbonyl (C=O) groups excluding carboxylic acids is 2. The van der Waals surface area contributed by atoms with Gasteiger partial charge >= 0.3 is 5.97 Å². The van der Waals surface area contributed by atoms with E-state index in [1.807, 2.05) is 54.6 Å².